The first-order chi connectivity index (χ1) is 10.7. The average Bonchev–Trinajstić information content (AvgIpc) is 2.39. The molecule has 1 aromatic carbocycles. The minimum atomic E-state index is -0.0874. The lowest BCUT2D eigenvalue weighted by Crippen LogP contribution is -2.42. The van der Waals surface area contributed by atoms with Gasteiger partial charge in [0.25, 0.3) is 0 Å². The van der Waals surface area contributed by atoms with E-state index in [4.69, 9.17) is 0 Å². The Kier molecular flexibility index (Phi) is 7.23. The maximum Gasteiger partial charge on any atom is 0.234 e. The van der Waals surface area contributed by atoms with Gasteiger partial charge in [-0.05, 0) is 58.4 Å². The summed E-state index contributed by atoms with van der Waals surface area (Å²) >= 11 is 0. The lowest BCUT2D eigenvalue weighted by molar-refractivity contribution is -0.125. The normalized spacial score (nSPS) is 12.3. The Balaban J connectivity index is 2.48. The number of hydrogen-bond donors (Lipinski definition) is 2. The molecule has 2 amide bonds. The predicted molar refractivity (Wildman–Crippen MR) is 93.2 cm³/mol. The monoisotopic (exact) mass is 319 g/mol. The summed E-state index contributed by atoms with van der Waals surface area (Å²) in [6.07, 6.45) is 0. The molecule has 23 heavy (non-hydrogen) atoms. The third kappa shape index (κ3) is 6.82. The van der Waals surface area contributed by atoms with Gasteiger partial charge in [0, 0.05) is 6.04 Å². The SMILES string of the molecule is Cc1ccc(C(C)NC(=O)CN(C)CC(=O)NC(C)C)cc1C. The molecule has 0 saturated heterocycles. The lowest BCUT2D eigenvalue weighted by Gasteiger charge is -2.20. The highest BCUT2D eigenvalue weighted by Crippen LogP contribution is 2.16. The molecule has 0 spiro atoms. The Morgan fingerprint density at radius 2 is 1.57 bits per heavy atom. The smallest absolute Gasteiger partial charge is 0.234 e. The van der Waals surface area contributed by atoms with E-state index in [2.05, 4.69) is 36.6 Å². The van der Waals surface area contributed by atoms with Crippen LogP contribution in [0.1, 0.15) is 43.5 Å². The number of benzene rings is 1. The van der Waals surface area contributed by atoms with Gasteiger partial charge in [-0.3, -0.25) is 14.5 Å². The van der Waals surface area contributed by atoms with Gasteiger partial charge in [-0.15, -0.1) is 0 Å². The molecule has 0 radical (unpaired) electrons. The van der Waals surface area contributed by atoms with Crippen molar-refractivity contribution in [1.29, 1.82) is 0 Å². The number of amides is 2. The van der Waals surface area contributed by atoms with Gasteiger partial charge in [0.1, 0.15) is 0 Å². The summed E-state index contributed by atoms with van der Waals surface area (Å²) in [5.41, 5.74) is 3.54. The third-order valence-electron chi connectivity index (χ3n) is 3.69. The van der Waals surface area contributed by atoms with Crippen molar-refractivity contribution in [3.05, 3.63) is 34.9 Å². The van der Waals surface area contributed by atoms with Crippen molar-refractivity contribution in [3.63, 3.8) is 0 Å². The predicted octanol–water partition coefficient (Wildman–Crippen LogP) is 1.94. The number of carbonyl (C=O) groups excluding carboxylic acids is 2. The zero-order chi connectivity index (χ0) is 17.6. The van der Waals surface area contributed by atoms with Crippen LogP contribution in [0.4, 0.5) is 0 Å². The summed E-state index contributed by atoms with van der Waals surface area (Å²) in [5, 5.41) is 5.79. The van der Waals surface area contributed by atoms with Crippen LogP contribution < -0.4 is 10.6 Å². The Hall–Kier alpha value is -1.88. The van der Waals surface area contributed by atoms with E-state index < -0.39 is 0 Å². The van der Waals surface area contributed by atoms with Crippen LogP contribution in [0.5, 0.6) is 0 Å². The Morgan fingerprint density at radius 1 is 1.00 bits per heavy atom. The number of hydrogen-bond acceptors (Lipinski definition) is 3. The molecule has 5 nitrogen and oxygen atoms in total. The first kappa shape index (κ1) is 19.2. The van der Waals surface area contributed by atoms with Crippen molar-refractivity contribution in [2.75, 3.05) is 20.1 Å². The summed E-state index contributed by atoms with van der Waals surface area (Å²) in [4.78, 5) is 25.5. The van der Waals surface area contributed by atoms with E-state index in [-0.39, 0.29) is 37.0 Å². The van der Waals surface area contributed by atoms with Gasteiger partial charge in [-0.25, -0.2) is 0 Å². The number of likely N-dealkylation sites (N-methyl/N-ethyl adjacent to an activating group) is 1. The highest BCUT2D eigenvalue weighted by molar-refractivity contribution is 5.81. The summed E-state index contributed by atoms with van der Waals surface area (Å²) in [6, 6.07) is 6.25. The second-order valence-corrected chi connectivity index (χ2v) is 6.53. The van der Waals surface area contributed by atoms with Crippen molar-refractivity contribution in [1.82, 2.24) is 15.5 Å². The first-order valence-corrected chi connectivity index (χ1v) is 8.03. The second-order valence-electron chi connectivity index (χ2n) is 6.53. The maximum absolute atomic E-state index is 12.1. The fraction of sp³-hybridized carbons (Fsp3) is 0.556. The van der Waals surface area contributed by atoms with Gasteiger partial charge in [-0.2, -0.15) is 0 Å². The molecule has 0 aromatic heterocycles. The molecule has 0 aliphatic heterocycles. The molecule has 0 heterocycles. The van der Waals surface area contributed by atoms with E-state index in [1.807, 2.05) is 26.8 Å². The number of nitrogens with zero attached hydrogens (tertiary/aromatic N) is 1. The number of rotatable bonds is 7. The standard InChI is InChI=1S/C18H29N3O2/c1-12(2)19-17(22)10-21(6)11-18(23)20-15(5)16-8-7-13(3)14(4)9-16/h7-9,12,15H,10-11H2,1-6H3,(H,19,22)(H,20,23). The van der Waals surface area contributed by atoms with Crippen LogP contribution >= 0.6 is 0 Å². The van der Waals surface area contributed by atoms with E-state index in [0.717, 1.165) is 5.56 Å². The van der Waals surface area contributed by atoms with Gasteiger partial charge in [0.15, 0.2) is 0 Å². The fourth-order valence-corrected chi connectivity index (χ4v) is 2.32. The summed E-state index contributed by atoms with van der Waals surface area (Å²) in [6.45, 7) is 10.3. The minimum absolute atomic E-state index is 0.0558. The van der Waals surface area contributed by atoms with Crippen LogP contribution in [-0.4, -0.2) is 42.9 Å². The highest BCUT2D eigenvalue weighted by Gasteiger charge is 2.14. The Bertz CT molecular complexity index is 555. The van der Waals surface area contributed by atoms with Crippen LogP contribution in [0.2, 0.25) is 0 Å². The zero-order valence-electron chi connectivity index (χ0n) is 15.1. The molecule has 1 atom stereocenters. The Morgan fingerprint density at radius 3 is 2.09 bits per heavy atom. The van der Waals surface area contributed by atoms with Crippen molar-refractivity contribution >= 4 is 11.8 Å². The van der Waals surface area contributed by atoms with E-state index in [0.29, 0.717) is 0 Å². The van der Waals surface area contributed by atoms with Gasteiger partial charge in [-0.1, -0.05) is 18.2 Å². The molecule has 1 aromatic rings. The maximum atomic E-state index is 12.1. The van der Waals surface area contributed by atoms with Crippen LogP contribution in [0.3, 0.4) is 0 Å². The summed E-state index contributed by atoms with van der Waals surface area (Å²) < 4.78 is 0. The summed E-state index contributed by atoms with van der Waals surface area (Å²) in [5.74, 6) is -0.159. The first-order valence-electron chi connectivity index (χ1n) is 8.03. The number of carbonyl (C=O) groups is 2. The van der Waals surface area contributed by atoms with E-state index in [9.17, 15) is 9.59 Å². The molecule has 1 rings (SSSR count). The molecule has 0 saturated carbocycles. The molecule has 5 heteroatoms. The van der Waals surface area contributed by atoms with Gasteiger partial charge >= 0.3 is 0 Å². The molecule has 0 fully saturated rings. The average molecular weight is 319 g/mol. The summed E-state index contributed by atoms with van der Waals surface area (Å²) in [7, 11) is 1.76. The van der Waals surface area contributed by atoms with E-state index in [1.165, 1.54) is 11.1 Å². The second kappa shape index (κ2) is 8.67. The topological polar surface area (TPSA) is 61.4 Å². The van der Waals surface area contributed by atoms with E-state index in [1.54, 1.807) is 11.9 Å². The van der Waals surface area contributed by atoms with Crippen molar-refractivity contribution in [2.24, 2.45) is 0 Å². The highest BCUT2D eigenvalue weighted by atomic mass is 16.2. The van der Waals surface area contributed by atoms with Crippen molar-refractivity contribution in [3.8, 4) is 0 Å². The van der Waals surface area contributed by atoms with Gasteiger partial charge < -0.3 is 10.6 Å². The molecule has 0 bridgehead atoms. The molecule has 128 valence electrons. The third-order valence-corrected chi connectivity index (χ3v) is 3.69. The van der Waals surface area contributed by atoms with Crippen LogP contribution in [0, 0.1) is 13.8 Å². The zero-order valence-corrected chi connectivity index (χ0v) is 15.1. The fourth-order valence-electron chi connectivity index (χ4n) is 2.32. The van der Waals surface area contributed by atoms with E-state index >= 15 is 0 Å². The largest absolute Gasteiger partial charge is 0.353 e. The Labute approximate surface area is 139 Å². The molecule has 0 aliphatic carbocycles. The molecular formula is C18H29N3O2. The van der Waals surface area contributed by atoms with Crippen molar-refractivity contribution in [2.45, 2.75) is 46.7 Å². The molecule has 1 unspecified atom stereocenters. The quantitative estimate of drug-likeness (QED) is 0.807. The van der Waals surface area contributed by atoms with Gasteiger partial charge in [0.05, 0.1) is 19.1 Å². The van der Waals surface area contributed by atoms with Crippen molar-refractivity contribution < 1.29 is 9.59 Å². The lowest BCUT2D eigenvalue weighted by atomic mass is 10.0. The van der Waals surface area contributed by atoms with Crippen LogP contribution in [0.15, 0.2) is 18.2 Å². The van der Waals surface area contributed by atoms with Crippen LogP contribution in [-0.2, 0) is 9.59 Å². The van der Waals surface area contributed by atoms with Gasteiger partial charge in [0.2, 0.25) is 11.8 Å². The number of aryl methyl sites for hydroxylation is 2. The van der Waals surface area contributed by atoms with Crippen LogP contribution in [0.25, 0.3) is 0 Å². The molecule has 2 N–H and O–H groups in total. The minimum Gasteiger partial charge on any atom is -0.353 e. The number of nitrogens with one attached hydrogen (secondary N) is 2. The molecular weight excluding hydrogens is 290 g/mol. The molecule has 0 aliphatic rings.